The van der Waals surface area contributed by atoms with Crippen molar-refractivity contribution < 1.29 is 22.4 Å². The topological polar surface area (TPSA) is 60.1 Å². The van der Waals surface area contributed by atoms with Crippen molar-refractivity contribution in [2.24, 2.45) is 0 Å². The van der Waals surface area contributed by atoms with E-state index in [0.717, 1.165) is 17.9 Å². The monoisotopic (exact) mass is 391 g/mol. The van der Waals surface area contributed by atoms with Gasteiger partial charge in [-0.3, -0.25) is 4.79 Å². The SMILES string of the molecule is Cc1c(C(=O)NC(C)CCc2ccco2)cnn1-c1cccc(C(F)(F)F)c1. The van der Waals surface area contributed by atoms with E-state index in [-0.39, 0.29) is 17.6 Å². The lowest BCUT2D eigenvalue weighted by Crippen LogP contribution is -2.33. The molecular formula is C20H20F3N3O2. The molecule has 3 rings (SSSR count). The lowest BCUT2D eigenvalue weighted by molar-refractivity contribution is -0.137. The van der Waals surface area contributed by atoms with Crippen LogP contribution in [0.25, 0.3) is 5.69 Å². The second-order valence-corrected chi connectivity index (χ2v) is 6.60. The molecular weight excluding hydrogens is 371 g/mol. The number of carbonyl (C=O) groups excluding carboxylic acids is 1. The van der Waals surface area contributed by atoms with Crippen molar-refractivity contribution in [3.05, 3.63) is 71.4 Å². The molecule has 2 aromatic heterocycles. The summed E-state index contributed by atoms with van der Waals surface area (Å²) in [6, 6.07) is 8.42. The highest BCUT2D eigenvalue weighted by atomic mass is 19.4. The Bertz CT molecular complexity index is 946. The number of halogens is 3. The zero-order valence-electron chi connectivity index (χ0n) is 15.5. The highest BCUT2D eigenvalue weighted by molar-refractivity contribution is 5.95. The Labute approximate surface area is 160 Å². The minimum Gasteiger partial charge on any atom is -0.469 e. The predicted octanol–water partition coefficient (Wildman–Crippen LogP) is 4.54. The fraction of sp³-hybridized carbons (Fsp3) is 0.300. The maximum Gasteiger partial charge on any atom is 0.416 e. The first kappa shape index (κ1) is 19.7. The van der Waals surface area contributed by atoms with Crippen LogP contribution in [0.5, 0.6) is 0 Å². The molecule has 0 bridgehead atoms. The smallest absolute Gasteiger partial charge is 0.416 e. The summed E-state index contributed by atoms with van der Waals surface area (Å²) >= 11 is 0. The van der Waals surface area contributed by atoms with E-state index in [1.807, 2.05) is 19.1 Å². The average molecular weight is 391 g/mol. The summed E-state index contributed by atoms with van der Waals surface area (Å²) in [5, 5.41) is 6.98. The summed E-state index contributed by atoms with van der Waals surface area (Å²) in [5.41, 5.74) is 0.270. The average Bonchev–Trinajstić information content (AvgIpc) is 3.29. The van der Waals surface area contributed by atoms with Gasteiger partial charge in [-0.25, -0.2) is 4.68 Å². The zero-order valence-corrected chi connectivity index (χ0v) is 15.5. The maximum absolute atomic E-state index is 12.9. The molecule has 0 aliphatic carbocycles. The Morgan fingerprint density at radius 1 is 1.29 bits per heavy atom. The van der Waals surface area contributed by atoms with E-state index in [9.17, 15) is 18.0 Å². The molecule has 5 nitrogen and oxygen atoms in total. The van der Waals surface area contributed by atoms with Crippen molar-refractivity contribution in [1.82, 2.24) is 15.1 Å². The van der Waals surface area contributed by atoms with Crippen molar-refractivity contribution in [1.29, 1.82) is 0 Å². The van der Waals surface area contributed by atoms with Crippen molar-refractivity contribution in [3.63, 3.8) is 0 Å². The first-order valence-electron chi connectivity index (χ1n) is 8.81. The van der Waals surface area contributed by atoms with Crippen molar-refractivity contribution in [3.8, 4) is 5.69 Å². The number of nitrogens with zero attached hydrogens (tertiary/aromatic N) is 2. The second-order valence-electron chi connectivity index (χ2n) is 6.60. The van der Waals surface area contributed by atoms with E-state index in [1.165, 1.54) is 23.0 Å². The Morgan fingerprint density at radius 2 is 2.07 bits per heavy atom. The minimum absolute atomic E-state index is 0.103. The van der Waals surface area contributed by atoms with Crippen LogP contribution in [0.3, 0.4) is 0 Å². The molecule has 0 spiro atoms. The van der Waals surface area contributed by atoms with Gasteiger partial charge in [-0.1, -0.05) is 6.07 Å². The number of aryl methyl sites for hydroxylation is 1. The molecule has 0 aliphatic rings. The van der Waals surface area contributed by atoms with Crippen LogP contribution >= 0.6 is 0 Å². The molecule has 0 aliphatic heterocycles. The largest absolute Gasteiger partial charge is 0.469 e. The number of alkyl halides is 3. The van der Waals surface area contributed by atoms with Crippen molar-refractivity contribution in [2.75, 3.05) is 0 Å². The first-order valence-corrected chi connectivity index (χ1v) is 8.81. The number of nitrogens with one attached hydrogen (secondary N) is 1. The third-order valence-electron chi connectivity index (χ3n) is 4.45. The zero-order chi connectivity index (χ0) is 20.3. The molecule has 1 atom stereocenters. The summed E-state index contributed by atoms with van der Waals surface area (Å²) in [7, 11) is 0. The van der Waals surface area contributed by atoms with Crippen LogP contribution in [0.15, 0.2) is 53.3 Å². The molecule has 0 saturated carbocycles. The Balaban J connectivity index is 1.71. The molecule has 1 N–H and O–H groups in total. The Kier molecular flexibility index (Phi) is 5.58. The number of hydrogen-bond donors (Lipinski definition) is 1. The Morgan fingerprint density at radius 3 is 2.75 bits per heavy atom. The van der Waals surface area contributed by atoms with Gasteiger partial charge in [0.15, 0.2) is 0 Å². The summed E-state index contributed by atoms with van der Waals surface area (Å²) < 4.78 is 45.4. The maximum atomic E-state index is 12.9. The molecule has 1 unspecified atom stereocenters. The van der Waals surface area contributed by atoms with Gasteiger partial charge in [-0.05, 0) is 50.6 Å². The molecule has 0 saturated heterocycles. The third-order valence-corrected chi connectivity index (χ3v) is 4.45. The van der Waals surface area contributed by atoms with E-state index in [0.29, 0.717) is 24.1 Å². The fourth-order valence-corrected chi connectivity index (χ4v) is 2.89. The van der Waals surface area contributed by atoms with Crippen LogP contribution < -0.4 is 5.32 Å². The van der Waals surface area contributed by atoms with Crippen LogP contribution in [0.4, 0.5) is 13.2 Å². The van der Waals surface area contributed by atoms with Gasteiger partial charge >= 0.3 is 6.18 Å². The lowest BCUT2D eigenvalue weighted by atomic mass is 10.1. The van der Waals surface area contributed by atoms with E-state index in [2.05, 4.69) is 10.4 Å². The summed E-state index contributed by atoms with van der Waals surface area (Å²) in [4.78, 5) is 12.5. The van der Waals surface area contributed by atoms with Gasteiger partial charge in [-0.2, -0.15) is 18.3 Å². The molecule has 0 radical (unpaired) electrons. The highest BCUT2D eigenvalue weighted by Crippen LogP contribution is 2.30. The second kappa shape index (κ2) is 7.92. The quantitative estimate of drug-likeness (QED) is 0.671. The number of furan rings is 1. The number of benzene rings is 1. The number of carbonyl (C=O) groups is 1. The van der Waals surface area contributed by atoms with Crippen LogP contribution in [0.2, 0.25) is 0 Å². The third kappa shape index (κ3) is 4.44. The molecule has 0 fully saturated rings. The number of amides is 1. The summed E-state index contributed by atoms with van der Waals surface area (Å²) in [5.74, 6) is 0.525. The van der Waals surface area contributed by atoms with Crippen molar-refractivity contribution in [2.45, 2.75) is 38.9 Å². The van der Waals surface area contributed by atoms with E-state index in [4.69, 9.17) is 4.42 Å². The molecule has 3 aromatic rings. The summed E-state index contributed by atoms with van der Waals surface area (Å²) in [6.07, 6.45) is -0.0913. The van der Waals surface area contributed by atoms with Gasteiger partial charge in [0, 0.05) is 12.5 Å². The van der Waals surface area contributed by atoms with Crippen LogP contribution in [-0.4, -0.2) is 21.7 Å². The molecule has 28 heavy (non-hydrogen) atoms. The predicted molar refractivity (Wildman–Crippen MR) is 97.3 cm³/mol. The Hall–Kier alpha value is -3.03. The van der Waals surface area contributed by atoms with Crippen LogP contribution in [0, 0.1) is 6.92 Å². The van der Waals surface area contributed by atoms with Gasteiger partial charge in [0.05, 0.1) is 35.0 Å². The summed E-state index contributed by atoms with van der Waals surface area (Å²) in [6.45, 7) is 3.53. The fourth-order valence-electron chi connectivity index (χ4n) is 2.89. The van der Waals surface area contributed by atoms with E-state index >= 15 is 0 Å². The van der Waals surface area contributed by atoms with Crippen LogP contribution in [-0.2, 0) is 12.6 Å². The number of aromatic nitrogens is 2. The van der Waals surface area contributed by atoms with Gasteiger partial charge < -0.3 is 9.73 Å². The first-order chi connectivity index (χ1) is 13.3. The van der Waals surface area contributed by atoms with Gasteiger partial charge in [0.25, 0.3) is 5.91 Å². The highest BCUT2D eigenvalue weighted by Gasteiger charge is 2.30. The molecule has 148 valence electrons. The normalized spacial score (nSPS) is 12.8. The van der Waals surface area contributed by atoms with E-state index < -0.39 is 11.7 Å². The van der Waals surface area contributed by atoms with Gasteiger partial charge in [0.2, 0.25) is 0 Å². The van der Waals surface area contributed by atoms with Gasteiger partial charge in [0.1, 0.15) is 5.76 Å². The van der Waals surface area contributed by atoms with Gasteiger partial charge in [-0.15, -0.1) is 0 Å². The molecule has 1 amide bonds. The molecule has 1 aromatic carbocycles. The molecule has 2 heterocycles. The van der Waals surface area contributed by atoms with Crippen molar-refractivity contribution >= 4 is 5.91 Å². The number of hydrogen-bond acceptors (Lipinski definition) is 3. The lowest BCUT2D eigenvalue weighted by Gasteiger charge is -2.13. The van der Waals surface area contributed by atoms with Crippen LogP contribution in [0.1, 0.15) is 40.7 Å². The van der Waals surface area contributed by atoms with E-state index in [1.54, 1.807) is 13.2 Å². The minimum atomic E-state index is -4.44. The number of rotatable bonds is 6. The molecule has 8 heteroatoms. The standard InChI is InChI=1S/C20H20F3N3O2/c1-13(8-9-17-7-4-10-28-17)25-19(27)18-12-24-26(14(18)2)16-6-3-5-15(11-16)20(21,22)23/h3-7,10-13H,8-9H2,1-2H3,(H,25,27).